The summed E-state index contributed by atoms with van der Waals surface area (Å²) in [6, 6.07) is 37.6. The van der Waals surface area contributed by atoms with E-state index in [1.165, 1.54) is 6.21 Å². The van der Waals surface area contributed by atoms with Gasteiger partial charge in [0.2, 0.25) is 0 Å². The van der Waals surface area contributed by atoms with Crippen LogP contribution in [-0.2, 0) is 5.54 Å². The van der Waals surface area contributed by atoms with Gasteiger partial charge in [-0.1, -0.05) is 97.1 Å². The second kappa shape index (κ2) is 9.31. The average molecular weight is 458 g/mol. The van der Waals surface area contributed by atoms with E-state index in [1.807, 2.05) is 37.4 Å². The van der Waals surface area contributed by atoms with Gasteiger partial charge in [-0.3, -0.25) is 0 Å². The Hall–Kier alpha value is -4.64. The van der Waals surface area contributed by atoms with Crippen LogP contribution >= 0.6 is 0 Å². The number of benzene rings is 4. The molecule has 0 amide bonds. The molecule has 4 N–H and O–H groups in total. The van der Waals surface area contributed by atoms with Crippen molar-refractivity contribution in [2.24, 2.45) is 5.73 Å². The molecular formula is C30H27N5. The van der Waals surface area contributed by atoms with Crippen LogP contribution in [0, 0.1) is 5.41 Å². The molecule has 0 atom stereocenters. The molecule has 5 rings (SSSR count). The smallest absolute Gasteiger partial charge is 0.155 e. The third-order valence-corrected chi connectivity index (χ3v) is 6.41. The summed E-state index contributed by atoms with van der Waals surface area (Å²) in [4.78, 5) is 0. The van der Waals surface area contributed by atoms with Crippen LogP contribution in [0.4, 0.5) is 5.82 Å². The summed E-state index contributed by atoms with van der Waals surface area (Å²) in [7, 11) is 1.88. The number of rotatable bonds is 7. The van der Waals surface area contributed by atoms with Gasteiger partial charge >= 0.3 is 0 Å². The molecule has 0 spiro atoms. The summed E-state index contributed by atoms with van der Waals surface area (Å²) in [6.07, 6.45) is 2.79. The number of nitrogens with two attached hydrogens (primary N) is 1. The second-order valence-corrected chi connectivity index (χ2v) is 8.34. The molecule has 0 saturated carbocycles. The zero-order valence-electron chi connectivity index (χ0n) is 19.5. The van der Waals surface area contributed by atoms with Crippen molar-refractivity contribution < 1.29 is 0 Å². The van der Waals surface area contributed by atoms with E-state index in [2.05, 4.69) is 88.9 Å². The Kier molecular flexibility index (Phi) is 5.90. The lowest BCUT2D eigenvalue weighted by Gasteiger charge is -2.37. The molecule has 5 nitrogen and oxygen atoms in total. The van der Waals surface area contributed by atoms with Gasteiger partial charge in [0, 0.05) is 24.3 Å². The van der Waals surface area contributed by atoms with Crippen molar-refractivity contribution in [1.29, 1.82) is 5.41 Å². The van der Waals surface area contributed by atoms with Crippen LogP contribution in [0.25, 0.3) is 16.6 Å². The van der Waals surface area contributed by atoms with Gasteiger partial charge in [0.1, 0.15) is 5.54 Å². The van der Waals surface area contributed by atoms with E-state index in [0.29, 0.717) is 5.70 Å². The number of nitrogens with one attached hydrogen (secondary N) is 2. The van der Waals surface area contributed by atoms with Crippen molar-refractivity contribution >= 4 is 28.6 Å². The maximum Gasteiger partial charge on any atom is 0.155 e. The maximum absolute atomic E-state index is 7.39. The van der Waals surface area contributed by atoms with Crippen molar-refractivity contribution in [1.82, 2.24) is 9.78 Å². The van der Waals surface area contributed by atoms with Crippen LogP contribution in [0.2, 0.25) is 0 Å². The highest BCUT2D eigenvalue weighted by Crippen LogP contribution is 2.43. The largest absolute Gasteiger partial charge is 0.398 e. The molecule has 0 saturated heterocycles. The lowest BCUT2D eigenvalue weighted by Crippen LogP contribution is -2.38. The summed E-state index contributed by atoms with van der Waals surface area (Å²) >= 11 is 0. The Morgan fingerprint density at radius 3 is 1.80 bits per heavy atom. The zero-order valence-corrected chi connectivity index (χ0v) is 19.5. The lowest BCUT2D eigenvalue weighted by atomic mass is 9.77. The second-order valence-electron chi connectivity index (χ2n) is 8.34. The van der Waals surface area contributed by atoms with Gasteiger partial charge in [-0.15, -0.1) is 0 Å². The van der Waals surface area contributed by atoms with E-state index in [0.717, 1.165) is 39.0 Å². The van der Waals surface area contributed by atoms with E-state index >= 15 is 0 Å². The van der Waals surface area contributed by atoms with E-state index in [1.54, 1.807) is 6.08 Å². The van der Waals surface area contributed by atoms with Crippen LogP contribution < -0.4 is 11.1 Å². The van der Waals surface area contributed by atoms with Crippen LogP contribution in [0.15, 0.2) is 115 Å². The molecular weight excluding hydrogens is 430 g/mol. The molecule has 0 unspecified atom stereocenters. The van der Waals surface area contributed by atoms with Gasteiger partial charge in [0.05, 0.1) is 5.52 Å². The SMILES string of the molecule is CNc1nn(C(c2ccccc2)(c2ccccc2)c2ccccc2)c2ccc(C(N)=CC=N)cc12. The molecule has 5 heteroatoms. The molecule has 1 heterocycles. The van der Waals surface area contributed by atoms with Gasteiger partial charge in [-0.25, -0.2) is 4.68 Å². The minimum Gasteiger partial charge on any atom is -0.398 e. The Balaban J connectivity index is 1.92. The minimum atomic E-state index is -0.713. The topological polar surface area (TPSA) is 79.7 Å². The standard InChI is InChI=1S/C30H27N5/c1-33-29-26-21-22(27(32)19-20-31)17-18-28(26)35(34-29)30(23-11-5-2-6-12-23,24-13-7-3-8-14-24)25-15-9-4-10-16-25/h2-21,31H,32H2,1H3,(H,33,34). The molecule has 172 valence electrons. The fourth-order valence-corrected chi connectivity index (χ4v) is 4.83. The quantitative estimate of drug-likeness (QED) is 0.211. The van der Waals surface area contributed by atoms with Gasteiger partial charge in [0.25, 0.3) is 0 Å². The van der Waals surface area contributed by atoms with Crippen LogP contribution in [0.5, 0.6) is 0 Å². The molecule has 0 aliphatic rings. The normalized spacial score (nSPS) is 12.0. The van der Waals surface area contributed by atoms with Crippen LogP contribution in [-0.4, -0.2) is 23.0 Å². The number of hydrogen-bond donors (Lipinski definition) is 3. The van der Waals surface area contributed by atoms with E-state index < -0.39 is 5.54 Å². The highest BCUT2D eigenvalue weighted by atomic mass is 15.4. The molecule has 0 bridgehead atoms. The van der Waals surface area contributed by atoms with Crippen molar-refractivity contribution in [2.75, 3.05) is 12.4 Å². The first-order chi connectivity index (χ1) is 17.2. The third-order valence-electron chi connectivity index (χ3n) is 6.41. The fraction of sp³-hybridized carbons (Fsp3) is 0.0667. The molecule has 5 aromatic rings. The van der Waals surface area contributed by atoms with Gasteiger partial charge in [0.15, 0.2) is 5.82 Å². The van der Waals surface area contributed by atoms with Gasteiger partial charge in [-0.2, -0.15) is 5.10 Å². The number of nitrogens with zero attached hydrogens (tertiary/aromatic N) is 2. The van der Waals surface area contributed by atoms with Crippen molar-refractivity contribution in [3.05, 3.63) is 138 Å². The summed E-state index contributed by atoms with van der Waals surface area (Å²) in [6.45, 7) is 0. The van der Waals surface area contributed by atoms with Gasteiger partial charge < -0.3 is 16.5 Å². The fourth-order valence-electron chi connectivity index (χ4n) is 4.83. The monoisotopic (exact) mass is 457 g/mol. The highest BCUT2D eigenvalue weighted by Gasteiger charge is 2.40. The van der Waals surface area contributed by atoms with E-state index in [9.17, 15) is 0 Å². The lowest BCUT2D eigenvalue weighted by molar-refractivity contribution is 0.477. The molecule has 0 aliphatic carbocycles. The molecule has 0 radical (unpaired) electrons. The molecule has 1 aromatic heterocycles. The first-order valence-corrected chi connectivity index (χ1v) is 11.5. The molecule has 0 fully saturated rings. The molecule has 4 aromatic carbocycles. The third kappa shape index (κ3) is 3.67. The van der Waals surface area contributed by atoms with Gasteiger partial charge in [-0.05, 0) is 40.5 Å². The molecule has 0 aliphatic heterocycles. The minimum absolute atomic E-state index is 0.539. The van der Waals surface area contributed by atoms with Crippen molar-refractivity contribution in [3.8, 4) is 0 Å². The number of aromatic nitrogens is 2. The number of fused-ring (bicyclic) bond motifs is 1. The summed E-state index contributed by atoms with van der Waals surface area (Å²) in [5.74, 6) is 0.761. The Morgan fingerprint density at radius 2 is 1.34 bits per heavy atom. The van der Waals surface area contributed by atoms with E-state index in [-0.39, 0.29) is 0 Å². The molecule has 35 heavy (non-hydrogen) atoms. The summed E-state index contributed by atoms with van der Waals surface area (Å²) < 4.78 is 2.12. The first-order valence-electron chi connectivity index (χ1n) is 11.5. The Bertz CT molecular complexity index is 1390. The number of hydrogen-bond acceptors (Lipinski definition) is 4. The number of anilines is 1. The Labute approximate surface area is 205 Å². The van der Waals surface area contributed by atoms with Crippen LogP contribution in [0.3, 0.4) is 0 Å². The zero-order chi connectivity index (χ0) is 24.3. The summed E-state index contributed by atoms with van der Waals surface area (Å²) in [5, 5.41) is 16.8. The average Bonchev–Trinajstić information content (AvgIpc) is 3.29. The summed E-state index contributed by atoms with van der Waals surface area (Å²) in [5.41, 5.74) is 11.2. The predicted octanol–water partition coefficient (Wildman–Crippen LogP) is 5.87. The van der Waals surface area contributed by atoms with Crippen LogP contribution in [0.1, 0.15) is 22.3 Å². The van der Waals surface area contributed by atoms with E-state index in [4.69, 9.17) is 16.2 Å². The van der Waals surface area contributed by atoms with Crippen molar-refractivity contribution in [3.63, 3.8) is 0 Å². The number of allylic oxidation sites excluding steroid dienone is 1. The Morgan fingerprint density at radius 1 is 0.829 bits per heavy atom. The maximum atomic E-state index is 7.39. The van der Waals surface area contributed by atoms with Crippen molar-refractivity contribution in [2.45, 2.75) is 5.54 Å². The predicted molar refractivity (Wildman–Crippen MR) is 145 cm³/mol. The first kappa shape index (κ1) is 22.2. The highest BCUT2D eigenvalue weighted by molar-refractivity contribution is 5.94.